The molecule has 0 amide bonds. The Morgan fingerprint density at radius 3 is 1.36 bits per heavy atom. The lowest BCUT2D eigenvalue weighted by Crippen LogP contribution is -2.41. The molecule has 0 aliphatic rings. The molecule has 0 saturated heterocycles. The van der Waals surface area contributed by atoms with Crippen LogP contribution in [0, 0.1) is 29.1 Å². The minimum Gasteiger partial charge on any atom is -0.445 e. The molecule has 0 fully saturated rings. The molecule has 0 heterocycles. The van der Waals surface area contributed by atoms with Gasteiger partial charge in [0.2, 0.25) is 9.79 Å². The fourth-order valence-electron chi connectivity index (χ4n) is 3.28. The molecule has 4 rings (SSSR count). The zero-order chi connectivity index (χ0) is 29.0. The first-order valence-corrected chi connectivity index (χ1v) is 12.6. The van der Waals surface area contributed by atoms with Crippen molar-refractivity contribution in [3.63, 3.8) is 0 Å². The zero-order valence-corrected chi connectivity index (χ0v) is 21.2. The van der Waals surface area contributed by atoms with Gasteiger partial charge < -0.3 is 17.8 Å². The summed E-state index contributed by atoms with van der Waals surface area (Å²) in [5.74, 6) is -13.0. The molecule has 0 spiro atoms. The van der Waals surface area contributed by atoms with Crippen LogP contribution in [0.4, 0.5) is 40.6 Å². The molecule has 13 heteroatoms. The quantitative estimate of drug-likeness (QED) is 0.0811. The van der Waals surface area contributed by atoms with Crippen molar-refractivity contribution in [3.05, 3.63) is 114 Å². The molecule has 0 unspecified atom stereocenters. The van der Waals surface area contributed by atoms with Crippen LogP contribution in [0.25, 0.3) is 0 Å². The molecular weight excluding hydrogens is 553 g/mol. The molecular formula is C26H20BF8NO2S. The molecule has 0 bridgehead atoms. The van der Waals surface area contributed by atoms with E-state index in [1.165, 1.54) is 0 Å². The molecule has 0 aliphatic carbocycles. The lowest BCUT2D eigenvalue weighted by atomic mass is 9.79. The SMILES string of the molecule is CN(C)c1ccc(O[S+](=O)(c2ccccc2)c2ccccc2)cc1.Fc1c(F)c(F)c([B-](F)(F)F)c(F)c1F. The second-order valence-corrected chi connectivity index (χ2v) is 10.3. The summed E-state index contributed by atoms with van der Waals surface area (Å²) in [5.41, 5.74) is -1.67. The Morgan fingerprint density at radius 2 is 1.00 bits per heavy atom. The van der Waals surface area contributed by atoms with E-state index in [9.17, 15) is 39.1 Å². The Bertz CT molecular complexity index is 1400. The predicted molar refractivity (Wildman–Crippen MR) is 134 cm³/mol. The van der Waals surface area contributed by atoms with E-state index in [0.717, 1.165) is 5.69 Å². The molecule has 4 aromatic rings. The fourth-order valence-corrected chi connectivity index (χ4v) is 5.15. The second kappa shape index (κ2) is 11.9. The summed E-state index contributed by atoms with van der Waals surface area (Å²) in [5, 5.41) is 0. The van der Waals surface area contributed by atoms with Crippen molar-refractivity contribution in [2.24, 2.45) is 0 Å². The van der Waals surface area contributed by atoms with E-state index >= 15 is 0 Å². The molecule has 3 nitrogen and oxygen atoms in total. The molecule has 0 aromatic heterocycles. The van der Waals surface area contributed by atoms with Crippen LogP contribution in [-0.4, -0.2) is 21.1 Å². The summed E-state index contributed by atoms with van der Waals surface area (Å²) in [4.78, 5) is 3.33. The smallest absolute Gasteiger partial charge is 0.445 e. The van der Waals surface area contributed by atoms with Gasteiger partial charge in [-0.05, 0) is 58.2 Å². The fraction of sp³-hybridized carbons (Fsp3) is 0.0769. The van der Waals surface area contributed by atoms with Gasteiger partial charge in [-0.25, -0.2) is 22.0 Å². The topological polar surface area (TPSA) is 29.5 Å². The van der Waals surface area contributed by atoms with E-state index in [0.29, 0.717) is 15.5 Å². The van der Waals surface area contributed by atoms with Gasteiger partial charge in [0, 0.05) is 19.8 Å². The van der Waals surface area contributed by atoms with E-state index in [2.05, 4.69) is 0 Å². The lowest BCUT2D eigenvalue weighted by molar-refractivity contribution is 0.377. The highest BCUT2D eigenvalue weighted by atomic mass is 32.3. The largest absolute Gasteiger partial charge is 0.515 e. The van der Waals surface area contributed by atoms with E-state index in [-0.39, 0.29) is 0 Å². The third-order valence-corrected chi connectivity index (χ3v) is 7.46. The highest BCUT2D eigenvalue weighted by molar-refractivity contribution is 7.99. The standard InChI is InChI=1S/C20H20NO2S.C6BF8/c1-21(2)17-13-15-18(16-14-17)23-24(22,19-9-5-3-6-10-19)20-11-7-4-8-12-20;8-2-1(7(13,14)15)3(9)5(11)6(12)4(2)10/h3-16H,1-2H3;/q+1;-1. The van der Waals surface area contributed by atoms with Crippen molar-refractivity contribution in [3.8, 4) is 5.75 Å². The van der Waals surface area contributed by atoms with Gasteiger partial charge in [-0.1, -0.05) is 36.4 Å². The highest BCUT2D eigenvalue weighted by Crippen LogP contribution is 2.32. The number of nitrogens with zero attached hydrogens (tertiary/aromatic N) is 1. The average molecular weight is 573 g/mol. The molecule has 0 aliphatic heterocycles. The van der Waals surface area contributed by atoms with Crippen molar-refractivity contribution < 1.29 is 43.3 Å². The normalized spacial score (nSPS) is 11.4. The van der Waals surface area contributed by atoms with Crippen LogP contribution in [0.1, 0.15) is 0 Å². The minimum atomic E-state index is -6.30. The van der Waals surface area contributed by atoms with Crippen LogP contribution in [0.3, 0.4) is 0 Å². The van der Waals surface area contributed by atoms with Gasteiger partial charge in [0.25, 0.3) is 0 Å². The number of hydrogen-bond donors (Lipinski definition) is 0. The maximum Gasteiger partial charge on any atom is 0.515 e. The maximum atomic E-state index is 13.7. The summed E-state index contributed by atoms with van der Waals surface area (Å²) >= 11 is 0. The Morgan fingerprint density at radius 1 is 0.615 bits per heavy atom. The molecule has 39 heavy (non-hydrogen) atoms. The van der Waals surface area contributed by atoms with Crippen LogP contribution in [0.5, 0.6) is 5.75 Å². The molecule has 0 saturated carbocycles. The summed E-state index contributed by atoms with van der Waals surface area (Å²) in [6.45, 7) is -6.30. The number of anilines is 1. The molecule has 4 aromatic carbocycles. The number of rotatable bonds is 6. The summed E-state index contributed by atoms with van der Waals surface area (Å²) < 4.78 is 117. The van der Waals surface area contributed by atoms with E-state index in [1.807, 2.05) is 104 Å². The molecule has 206 valence electrons. The Balaban J connectivity index is 0.000000242. The molecule has 0 atom stereocenters. The molecule has 0 radical (unpaired) electrons. The van der Waals surface area contributed by atoms with E-state index < -0.39 is 51.7 Å². The number of benzene rings is 4. The van der Waals surface area contributed by atoms with Crippen molar-refractivity contribution in [1.82, 2.24) is 0 Å². The number of halogens is 8. The van der Waals surface area contributed by atoms with Crippen molar-refractivity contribution in [1.29, 1.82) is 0 Å². The van der Waals surface area contributed by atoms with Crippen LogP contribution >= 0.6 is 0 Å². The van der Waals surface area contributed by atoms with Gasteiger partial charge in [-0.15, -0.1) is 0 Å². The zero-order valence-electron chi connectivity index (χ0n) is 20.4. The third-order valence-electron chi connectivity index (χ3n) is 5.24. The van der Waals surface area contributed by atoms with E-state index in [1.54, 1.807) is 0 Å². The Hall–Kier alpha value is -3.87. The van der Waals surface area contributed by atoms with Gasteiger partial charge in [-0.2, -0.15) is 0 Å². The summed E-state index contributed by atoms with van der Waals surface area (Å²) in [6.07, 6.45) is 0. The Kier molecular flexibility index (Phi) is 9.05. The predicted octanol–water partition coefficient (Wildman–Crippen LogP) is 7.10. The monoisotopic (exact) mass is 573 g/mol. The third kappa shape index (κ3) is 6.59. The first kappa shape index (κ1) is 29.7. The van der Waals surface area contributed by atoms with Crippen LogP contribution in [-0.2, 0) is 14.4 Å². The van der Waals surface area contributed by atoms with Gasteiger partial charge >= 0.3 is 17.2 Å². The van der Waals surface area contributed by atoms with Crippen LogP contribution in [0.15, 0.2) is 94.7 Å². The van der Waals surface area contributed by atoms with Gasteiger partial charge in [-0.3, -0.25) is 4.18 Å². The average Bonchev–Trinajstić information content (AvgIpc) is 2.91. The lowest BCUT2D eigenvalue weighted by Gasteiger charge is -2.17. The van der Waals surface area contributed by atoms with Crippen molar-refractivity contribution in [2.75, 3.05) is 19.0 Å². The second-order valence-electron chi connectivity index (χ2n) is 8.16. The van der Waals surface area contributed by atoms with Crippen LogP contribution < -0.4 is 14.5 Å². The minimum absolute atomic E-state index is 0.582. The van der Waals surface area contributed by atoms with Gasteiger partial charge in [0.1, 0.15) is 11.6 Å². The number of hydrogen-bond acceptors (Lipinski definition) is 3. The molecule has 0 N–H and O–H groups in total. The first-order chi connectivity index (χ1) is 18.3. The Labute approximate surface area is 220 Å². The summed E-state index contributed by atoms with van der Waals surface area (Å²) in [7, 11) is 1.11. The summed E-state index contributed by atoms with van der Waals surface area (Å²) in [6, 6.07) is 26.2. The maximum absolute atomic E-state index is 13.7. The first-order valence-electron chi connectivity index (χ1n) is 11.1. The highest BCUT2D eigenvalue weighted by Gasteiger charge is 2.39. The van der Waals surface area contributed by atoms with Crippen molar-refractivity contribution >= 4 is 28.3 Å². The van der Waals surface area contributed by atoms with Crippen LogP contribution in [0.2, 0.25) is 0 Å². The van der Waals surface area contributed by atoms with Gasteiger partial charge in [0.05, 0.1) is 0 Å². The van der Waals surface area contributed by atoms with Crippen molar-refractivity contribution in [2.45, 2.75) is 9.79 Å². The van der Waals surface area contributed by atoms with E-state index in [4.69, 9.17) is 4.18 Å². The van der Waals surface area contributed by atoms with Gasteiger partial charge in [0.15, 0.2) is 23.2 Å².